The first-order chi connectivity index (χ1) is 9.70. The number of nitrogens with one attached hydrogen (secondary N) is 1. The third kappa shape index (κ3) is 3.20. The van der Waals surface area contributed by atoms with Gasteiger partial charge in [0.25, 0.3) is 0 Å². The van der Waals surface area contributed by atoms with Crippen LogP contribution in [-0.4, -0.2) is 25.3 Å². The van der Waals surface area contributed by atoms with Crippen LogP contribution in [0.2, 0.25) is 0 Å². The molecule has 1 saturated carbocycles. The minimum absolute atomic E-state index is 0.0614. The number of nitrogens with zero attached hydrogens (tertiary/aromatic N) is 4. The Labute approximate surface area is 122 Å². The van der Waals surface area contributed by atoms with Gasteiger partial charge in [-0.05, 0) is 19.8 Å². The SMILES string of the molecule is Cc1noc([C@H](C)Sc2n[nH]c(CC3CCCC3)n2)n1. The third-order valence-corrected chi connectivity index (χ3v) is 4.59. The highest BCUT2D eigenvalue weighted by Gasteiger charge is 2.19. The quantitative estimate of drug-likeness (QED) is 0.853. The van der Waals surface area contributed by atoms with Crippen molar-refractivity contribution in [2.24, 2.45) is 5.92 Å². The molecule has 2 aromatic heterocycles. The maximum absolute atomic E-state index is 5.16. The van der Waals surface area contributed by atoms with Crippen LogP contribution in [-0.2, 0) is 6.42 Å². The van der Waals surface area contributed by atoms with Gasteiger partial charge in [0.05, 0.1) is 5.25 Å². The Kier molecular flexibility index (Phi) is 4.05. The number of hydrogen-bond acceptors (Lipinski definition) is 6. The molecule has 1 N–H and O–H groups in total. The molecule has 6 nitrogen and oxygen atoms in total. The van der Waals surface area contributed by atoms with Gasteiger partial charge in [0.15, 0.2) is 5.82 Å². The lowest BCUT2D eigenvalue weighted by Gasteiger charge is -2.04. The molecular weight excluding hydrogens is 274 g/mol. The van der Waals surface area contributed by atoms with Gasteiger partial charge < -0.3 is 4.52 Å². The van der Waals surface area contributed by atoms with Gasteiger partial charge in [-0.2, -0.15) is 4.98 Å². The van der Waals surface area contributed by atoms with E-state index in [2.05, 4.69) is 25.3 Å². The van der Waals surface area contributed by atoms with Crippen LogP contribution in [0.15, 0.2) is 9.68 Å². The summed E-state index contributed by atoms with van der Waals surface area (Å²) >= 11 is 1.54. The van der Waals surface area contributed by atoms with Crippen LogP contribution in [0, 0.1) is 12.8 Å². The summed E-state index contributed by atoms with van der Waals surface area (Å²) in [6.07, 6.45) is 6.37. The average Bonchev–Trinajstić information content (AvgIpc) is 3.13. The maximum atomic E-state index is 5.16. The predicted molar refractivity (Wildman–Crippen MR) is 75.4 cm³/mol. The summed E-state index contributed by atoms with van der Waals surface area (Å²) in [6, 6.07) is 0. The van der Waals surface area contributed by atoms with Gasteiger partial charge in [-0.3, -0.25) is 5.10 Å². The summed E-state index contributed by atoms with van der Waals surface area (Å²) in [4.78, 5) is 8.78. The van der Waals surface area contributed by atoms with Crippen LogP contribution >= 0.6 is 11.8 Å². The van der Waals surface area contributed by atoms with Crippen molar-refractivity contribution in [1.82, 2.24) is 25.3 Å². The Hall–Kier alpha value is -1.37. The average molecular weight is 293 g/mol. The van der Waals surface area contributed by atoms with Crippen LogP contribution in [0.5, 0.6) is 0 Å². The van der Waals surface area contributed by atoms with Crippen LogP contribution in [0.4, 0.5) is 0 Å². The second-order valence-electron chi connectivity index (χ2n) is 5.36. The van der Waals surface area contributed by atoms with Crippen LogP contribution < -0.4 is 0 Å². The first-order valence-electron chi connectivity index (χ1n) is 7.09. The normalized spacial score (nSPS) is 17.7. The molecule has 20 heavy (non-hydrogen) atoms. The Balaban J connectivity index is 1.59. The van der Waals surface area contributed by atoms with Crippen molar-refractivity contribution < 1.29 is 4.52 Å². The lowest BCUT2D eigenvalue weighted by atomic mass is 10.0. The molecule has 0 unspecified atom stereocenters. The minimum atomic E-state index is 0.0614. The molecule has 1 fully saturated rings. The standard InChI is InChI=1S/C13H19N5OS/c1-8(12-14-9(2)18-19-12)20-13-15-11(16-17-13)7-10-5-3-4-6-10/h8,10H,3-7H2,1-2H3,(H,15,16,17)/t8-/m0/s1. The highest BCUT2D eigenvalue weighted by Crippen LogP contribution is 2.32. The molecule has 3 rings (SSSR count). The lowest BCUT2D eigenvalue weighted by molar-refractivity contribution is 0.376. The van der Waals surface area contributed by atoms with E-state index in [0.717, 1.165) is 23.3 Å². The summed E-state index contributed by atoms with van der Waals surface area (Å²) in [7, 11) is 0. The fourth-order valence-electron chi connectivity index (χ4n) is 2.60. The molecule has 1 aliphatic rings. The summed E-state index contributed by atoms with van der Waals surface area (Å²) < 4.78 is 5.16. The van der Waals surface area contributed by atoms with Crippen molar-refractivity contribution in [3.05, 3.63) is 17.5 Å². The maximum Gasteiger partial charge on any atom is 0.239 e. The van der Waals surface area contributed by atoms with Crippen molar-refractivity contribution in [3.63, 3.8) is 0 Å². The lowest BCUT2D eigenvalue weighted by Crippen LogP contribution is -2.00. The Morgan fingerprint density at radius 3 is 2.85 bits per heavy atom. The predicted octanol–water partition coefficient (Wildman–Crippen LogP) is 3.08. The zero-order valence-electron chi connectivity index (χ0n) is 11.8. The second kappa shape index (κ2) is 5.95. The molecule has 1 atom stereocenters. The molecule has 2 heterocycles. The van der Waals surface area contributed by atoms with Crippen LogP contribution in [0.25, 0.3) is 0 Å². The number of aromatic amines is 1. The van der Waals surface area contributed by atoms with Gasteiger partial charge in [0, 0.05) is 6.42 Å². The fourth-order valence-corrected chi connectivity index (χ4v) is 3.37. The monoisotopic (exact) mass is 293 g/mol. The third-order valence-electron chi connectivity index (χ3n) is 3.64. The summed E-state index contributed by atoms with van der Waals surface area (Å²) in [5, 5.41) is 11.9. The highest BCUT2D eigenvalue weighted by atomic mass is 32.2. The van der Waals surface area contributed by atoms with Crippen molar-refractivity contribution in [3.8, 4) is 0 Å². The summed E-state index contributed by atoms with van der Waals surface area (Å²) in [5.74, 6) is 3.05. The number of thioether (sulfide) groups is 1. The number of aromatic nitrogens is 5. The summed E-state index contributed by atoms with van der Waals surface area (Å²) in [6.45, 7) is 3.83. The van der Waals surface area contributed by atoms with E-state index < -0.39 is 0 Å². The molecule has 0 aliphatic heterocycles. The first-order valence-corrected chi connectivity index (χ1v) is 7.97. The Morgan fingerprint density at radius 1 is 1.35 bits per heavy atom. The first kappa shape index (κ1) is 13.6. The van der Waals surface area contributed by atoms with Gasteiger partial charge in [-0.1, -0.05) is 42.6 Å². The second-order valence-corrected chi connectivity index (χ2v) is 6.67. The van der Waals surface area contributed by atoms with Gasteiger partial charge in [0.2, 0.25) is 11.0 Å². The Morgan fingerprint density at radius 2 is 2.15 bits per heavy atom. The molecule has 0 aromatic carbocycles. The number of aryl methyl sites for hydroxylation is 1. The van der Waals surface area contributed by atoms with E-state index in [0.29, 0.717) is 11.7 Å². The molecule has 0 saturated heterocycles. The number of hydrogen-bond donors (Lipinski definition) is 1. The zero-order chi connectivity index (χ0) is 13.9. The molecule has 7 heteroatoms. The van der Waals surface area contributed by atoms with E-state index in [-0.39, 0.29) is 5.25 Å². The van der Waals surface area contributed by atoms with E-state index in [9.17, 15) is 0 Å². The van der Waals surface area contributed by atoms with Gasteiger partial charge in [-0.25, -0.2) is 4.98 Å². The van der Waals surface area contributed by atoms with E-state index in [1.807, 2.05) is 13.8 Å². The minimum Gasteiger partial charge on any atom is -0.338 e. The van der Waals surface area contributed by atoms with Crippen molar-refractivity contribution in [2.45, 2.75) is 56.4 Å². The topological polar surface area (TPSA) is 80.5 Å². The van der Waals surface area contributed by atoms with E-state index in [1.54, 1.807) is 0 Å². The molecule has 2 aromatic rings. The van der Waals surface area contributed by atoms with E-state index >= 15 is 0 Å². The van der Waals surface area contributed by atoms with Gasteiger partial charge in [0.1, 0.15) is 5.82 Å². The smallest absolute Gasteiger partial charge is 0.239 e. The molecule has 1 aliphatic carbocycles. The number of H-pyrrole nitrogens is 1. The van der Waals surface area contributed by atoms with Crippen molar-refractivity contribution >= 4 is 11.8 Å². The molecule has 0 radical (unpaired) electrons. The molecule has 108 valence electrons. The largest absolute Gasteiger partial charge is 0.338 e. The van der Waals surface area contributed by atoms with Crippen LogP contribution in [0.1, 0.15) is 55.4 Å². The number of rotatable bonds is 5. The van der Waals surface area contributed by atoms with E-state index in [1.165, 1.54) is 37.4 Å². The van der Waals surface area contributed by atoms with Crippen molar-refractivity contribution in [2.75, 3.05) is 0 Å². The molecule has 0 bridgehead atoms. The van der Waals surface area contributed by atoms with Crippen molar-refractivity contribution in [1.29, 1.82) is 0 Å². The molecular formula is C13H19N5OS. The fraction of sp³-hybridized carbons (Fsp3) is 0.692. The highest BCUT2D eigenvalue weighted by molar-refractivity contribution is 7.99. The molecule has 0 amide bonds. The Bertz CT molecular complexity index is 561. The van der Waals surface area contributed by atoms with E-state index in [4.69, 9.17) is 4.52 Å². The van der Waals surface area contributed by atoms with Gasteiger partial charge in [-0.15, -0.1) is 5.10 Å². The zero-order valence-corrected chi connectivity index (χ0v) is 12.6. The molecule has 0 spiro atoms. The summed E-state index contributed by atoms with van der Waals surface area (Å²) in [5.41, 5.74) is 0. The van der Waals surface area contributed by atoms with Gasteiger partial charge >= 0.3 is 0 Å². The van der Waals surface area contributed by atoms with Crippen LogP contribution in [0.3, 0.4) is 0 Å².